The van der Waals surface area contributed by atoms with Crippen LogP contribution in [-0.4, -0.2) is 23.7 Å². The molecule has 1 atom stereocenters. The summed E-state index contributed by atoms with van der Waals surface area (Å²) in [4.78, 5) is 11.1. The zero-order chi connectivity index (χ0) is 8.60. The Kier molecular flexibility index (Phi) is 1.83. The van der Waals surface area contributed by atoms with Gasteiger partial charge in [0.2, 0.25) is 0 Å². The van der Waals surface area contributed by atoms with Crippen LogP contribution in [0.1, 0.15) is 32.1 Å². The number of carbonyl (C=O) groups is 1. The van der Waals surface area contributed by atoms with Crippen molar-refractivity contribution in [2.45, 2.75) is 38.1 Å². The molecule has 0 bridgehead atoms. The first-order chi connectivity index (χ1) is 5.76. The first-order valence-corrected chi connectivity index (χ1v) is 4.72. The lowest BCUT2D eigenvalue weighted by atomic mass is 9.63. The smallest absolute Gasteiger partial charge is 0.311 e. The second-order valence-electron chi connectivity index (χ2n) is 3.96. The lowest BCUT2D eigenvalue weighted by Crippen LogP contribution is -2.51. The van der Waals surface area contributed by atoms with Gasteiger partial charge in [-0.3, -0.25) is 4.79 Å². The van der Waals surface area contributed by atoms with Crippen LogP contribution >= 0.6 is 0 Å². The minimum atomic E-state index is -0.590. The maximum Gasteiger partial charge on any atom is 0.311 e. The molecule has 0 amide bonds. The van der Waals surface area contributed by atoms with Crippen LogP contribution in [0, 0.1) is 5.41 Å². The molecular formula is C9H15NO2. The highest BCUT2D eigenvalue weighted by molar-refractivity contribution is 5.76. The van der Waals surface area contributed by atoms with Crippen molar-refractivity contribution in [2.75, 3.05) is 6.54 Å². The zero-order valence-corrected chi connectivity index (χ0v) is 7.18. The van der Waals surface area contributed by atoms with Gasteiger partial charge in [0.15, 0.2) is 0 Å². The van der Waals surface area contributed by atoms with Crippen molar-refractivity contribution in [1.82, 2.24) is 5.32 Å². The fourth-order valence-electron chi connectivity index (χ4n) is 2.43. The van der Waals surface area contributed by atoms with E-state index < -0.39 is 11.4 Å². The van der Waals surface area contributed by atoms with Crippen molar-refractivity contribution >= 4 is 5.97 Å². The Morgan fingerprint density at radius 1 is 1.42 bits per heavy atom. The number of aliphatic carboxylic acids is 1. The van der Waals surface area contributed by atoms with Gasteiger partial charge in [-0.05, 0) is 32.2 Å². The topological polar surface area (TPSA) is 49.3 Å². The van der Waals surface area contributed by atoms with Crippen molar-refractivity contribution in [3.63, 3.8) is 0 Å². The standard InChI is InChI=1S/C9H15NO2/c11-8(12)9(4-2-5-9)7-3-1-6-10-7/h7,10H,1-6H2,(H,11,12)/t7-/m1/s1. The second kappa shape index (κ2) is 2.73. The Hall–Kier alpha value is -0.570. The first-order valence-electron chi connectivity index (χ1n) is 4.72. The van der Waals surface area contributed by atoms with Gasteiger partial charge >= 0.3 is 5.97 Å². The molecule has 0 spiro atoms. The van der Waals surface area contributed by atoms with Crippen molar-refractivity contribution in [3.05, 3.63) is 0 Å². The Bertz CT molecular complexity index is 193. The van der Waals surface area contributed by atoms with Gasteiger partial charge < -0.3 is 10.4 Å². The van der Waals surface area contributed by atoms with Gasteiger partial charge in [-0.2, -0.15) is 0 Å². The van der Waals surface area contributed by atoms with E-state index in [0.29, 0.717) is 0 Å². The summed E-state index contributed by atoms with van der Waals surface area (Å²) in [6.45, 7) is 1.000. The lowest BCUT2D eigenvalue weighted by molar-refractivity contribution is -0.157. The summed E-state index contributed by atoms with van der Waals surface area (Å²) >= 11 is 0. The number of nitrogens with one attached hydrogen (secondary N) is 1. The molecule has 1 heterocycles. The Labute approximate surface area is 72.2 Å². The normalized spacial score (nSPS) is 32.8. The van der Waals surface area contributed by atoms with Crippen LogP contribution < -0.4 is 5.32 Å². The summed E-state index contributed by atoms with van der Waals surface area (Å²) < 4.78 is 0. The predicted molar refractivity (Wildman–Crippen MR) is 44.9 cm³/mol. The molecule has 0 aromatic heterocycles. The number of hydrogen-bond acceptors (Lipinski definition) is 2. The van der Waals surface area contributed by atoms with E-state index in [-0.39, 0.29) is 6.04 Å². The van der Waals surface area contributed by atoms with Gasteiger partial charge in [-0.1, -0.05) is 6.42 Å². The molecule has 2 aliphatic rings. The molecular weight excluding hydrogens is 154 g/mol. The third-order valence-corrected chi connectivity index (χ3v) is 3.40. The highest BCUT2D eigenvalue weighted by Crippen LogP contribution is 2.46. The van der Waals surface area contributed by atoms with Crippen LogP contribution in [0.4, 0.5) is 0 Å². The molecule has 1 saturated heterocycles. The van der Waals surface area contributed by atoms with E-state index in [2.05, 4.69) is 5.32 Å². The van der Waals surface area contributed by atoms with Crippen LogP contribution in [-0.2, 0) is 4.79 Å². The van der Waals surface area contributed by atoms with E-state index in [1.807, 2.05) is 0 Å². The van der Waals surface area contributed by atoms with Crippen molar-refractivity contribution < 1.29 is 9.90 Å². The highest BCUT2D eigenvalue weighted by atomic mass is 16.4. The van der Waals surface area contributed by atoms with Crippen molar-refractivity contribution in [3.8, 4) is 0 Å². The number of hydrogen-bond donors (Lipinski definition) is 2. The second-order valence-corrected chi connectivity index (χ2v) is 3.96. The average molecular weight is 169 g/mol. The number of rotatable bonds is 2. The van der Waals surface area contributed by atoms with Crippen LogP contribution in [0.5, 0.6) is 0 Å². The van der Waals surface area contributed by atoms with Gasteiger partial charge in [0.25, 0.3) is 0 Å². The molecule has 3 heteroatoms. The van der Waals surface area contributed by atoms with Gasteiger partial charge in [0.1, 0.15) is 0 Å². The quantitative estimate of drug-likeness (QED) is 0.648. The summed E-state index contributed by atoms with van der Waals surface area (Å²) in [5.41, 5.74) is -0.392. The average Bonchev–Trinajstić information content (AvgIpc) is 2.35. The van der Waals surface area contributed by atoms with E-state index >= 15 is 0 Å². The van der Waals surface area contributed by atoms with Crippen LogP contribution in [0.15, 0.2) is 0 Å². The molecule has 1 saturated carbocycles. The molecule has 0 radical (unpaired) electrons. The lowest BCUT2D eigenvalue weighted by Gasteiger charge is -2.42. The maximum atomic E-state index is 11.1. The van der Waals surface area contributed by atoms with Crippen LogP contribution in [0.3, 0.4) is 0 Å². The van der Waals surface area contributed by atoms with Crippen LogP contribution in [0.25, 0.3) is 0 Å². The summed E-state index contributed by atoms with van der Waals surface area (Å²) in [7, 11) is 0. The first kappa shape index (κ1) is 8.05. The molecule has 1 aliphatic carbocycles. The maximum absolute atomic E-state index is 11.1. The molecule has 68 valence electrons. The van der Waals surface area contributed by atoms with Crippen molar-refractivity contribution in [1.29, 1.82) is 0 Å². The fraction of sp³-hybridized carbons (Fsp3) is 0.889. The fourth-order valence-corrected chi connectivity index (χ4v) is 2.43. The van der Waals surface area contributed by atoms with Gasteiger partial charge in [0.05, 0.1) is 5.41 Å². The molecule has 0 aromatic carbocycles. The summed E-state index contributed by atoms with van der Waals surface area (Å²) in [6, 6.07) is 0.253. The van der Waals surface area contributed by atoms with Gasteiger partial charge in [-0.15, -0.1) is 0 Å². The van der Waals surface area contributed by atoms with Gasteiger partial charge in [-0.25, -0.2) is 0 Å². The van der Waals surface area contributed by atoms with E-state index in [4.69, 9.17) is 5.11 Å². The molecule has 0 aromatic rings. The molecule has 12 heavy (non-hydrogen) atoms. The predicted octanol–water partition coefficient (Wildman–Crippen LogP) is 0.993. The Morgan fingerprint density at radius 3 is 2.50 bits per heavy atom. The third kappa shape index (κ3) is 0.959. The minimum Gasteiger partial charge on any atom is -0.481 e. The molecule has 2 rings (SSSR count). The number of carboxylic acids is 1. The zero-order valence-electron chi connectivity index (χ0n) is 7.18. The van der Waals surface area contributed by atoms with E-state index in [1.54, 1.807) is 0 Å². The molecule has 2 N–H and O–H groups in total. The van der Waals surface area contributed by atoms with E-state index in [1.165, 1.54) is 0 Å². The highest BCUT2D eigenvalue weighted by Gasteiger charge is 2.51. The summed E-state index contributed by atoms with van der Waals surface area (Å²) in [6.07, 6.45) is 5.02. The monoisotopic (exact) mass is 169 g/mol. The largest absolute Gasteiger partial charge is 0.481 e. The summed E-state index contributed by atoms with van der Waals surface area (Å²) in [5.74, 6) is -0.590. The third-order valence-electron chi connectivity index (χ3n) is 3.40. The van der Waals surface area contributed by atoms with Crippen molar-refractivity contribution in [2.24, 2.45) is 5.41 Å². The summed E-state index contributed by atoms with van der Waals surface area (Å²) in [5, 5.41) is 12.4. The Balaban J connectivity index is 2.10. The van der Waals surface area contributed by atoms with E-state index in [9.17, 15) is 4.79 Å². The molecule has 2 fully saturated rings. The Morgan fingerprint density at radius 2 is 2.17 bits per heavy atom. The molecule has 3 nitrogen and oxygen atoms in total. The van der Waals surface area contributed by atoms with Gasteiger partial charge in [0, 0.05) is 6.04 Å². The molecule has 0 unspecified atom stereocenters. The molecule has 1 aliphatic heterocycles. The van der Waals surface area contributed by atoms with Crippen LogP contribution in [0.2, 0.25) is 0 Å². The SMILES string of the molecule is O=C(O)C1([C@H]2CCCN2)CCC1. The number of carboxylic acid groups (broad SMARTS) is 1. The minimum absolute atomic E-state index is 0.253. The van der Waals surface area contributed by atoms with E-state index in [0.717, 1.165) is 38.6 Å².